The van der Waals surface area contributed by atoms with Gasteiger partial charge >= 0.3 is 0 Å². The Balaban J connectivity index is 2.10. The molecule has 2 N–H and O–H groups in total. The maximum Gasteiger partial charge on any atom is 0.0759 e. The zero-order chi connectivity index (χ0) is 12.4. The second-order valence-corrected chi connectivity index (χ2v) is 5.83. The molecule has 17 heavy (non-hydrogen) atoms. The summed E-state index contributed by atoms with van der Waals surface area (Å²) in [7, 11) is 0. The summed E-state index contributed by atoms with van der Waals surface area (Å²) in [6.07, 6.45) is 5.43. The molecule has 4 unspecified atom stereocenters. The van der Waals surface area contributed by atoms with Crippen molar-refractivity contribution in [3.05, 3.63) is 29.0 Å². The summed E-state index contributed by atoms with van der Waals surface area (Å²) in [5.41, 5.74) is 7.19. The fourth-order valence-electron chi connectivity index (χ4n) is 2.78. The fraction of sp³-hybridized carbons (Fsp3) is 0.643. The number of halogens is 1. The highest BCUT2D eigenvalue weighted by atomic mass is 35.5. The van der Waals surface area contributed by atoms with Gasteiger partial charge in [-0.3, -0.25) is 4.98 Å². The number of nitrogens with two attached hydrogens (primary N) is 1. The van der Waals surface area contributed by atoms with Crippen molar-refractivity contribution in [2.45, 2.75) is 39.2 Å². The van der Waals surface area contributed by atoms with Crippen LogP contribution < -0.4 is 5.73 Å². The van der Waals surface area contributed by atoms with Crippen LogP contribution in [0.25, 0.3) is 0 Å². The lowest BCUT2D eigenvalue weighted by Gasteiger charge is -2.35. The molecule has 1 aromatic heterocycles. The number of nitrogens with zero attached hydrogens (tertiary/aromatic N) is 1. The highest BCUT2D eigenvalue weighted by molar-refractivity contribution is 6.31. The van der Waals surface area contributed by atoms with Gasteiger partial charge in [-0.25, -0.2) is 0 Å². The van der Waals surface area contributed by atoms with E-state index >= 15 is 0 Å². The van der Waals surface area contributed by atoms with E-state index in [0.717, 1.165) is 17.5 Å². The Labute approximate surface area is 109 Å². The lowest BCUT2D eigenvalue weighted by molar-refractivity contribution is 0.184. The summed E-state index contributed by atoms with van der Waals surface area (Å²) in [6.45, 7) is 4.66. The Morgan fingerprint density at radius 3 is 2.76 bits per heavy atom. The molecule has 1 fully saturated rings. The van der Waals surface area contributed by atoms with Crippen LogP contribution in [-0.4, -0.2) is 4.98 Å². The van der Waals surface area contributed by atoms with Gasteiger partial charge in [0.2, 0.25) is 0 Å². The van der Waals surface area contributed by atoms with Crippen molar-refractivity contribution in [1.82, 2.24) is 4.98 Å². The quantitative estimate of drug-likeness (QED) is 0.869. The lowest BCUT2D eigenvalue weighted by Crippen LogP contribution is -2.30. The van der Waals surface area contributed by atoms with Crippen molar-refractivity contribution in [1.29, 1.82) is 0 Å². The maximum atomic E-state index is 6.33. The molecule has 0 radical (unpaired) electrons. The smallest absolute Gasteiger partial charge is 0.0759 e. The first-order chi connectivity index (χ1) is 8.09. The standard InChI is InChI=1S/C14H21ClN2/c1-9-5-6-11(8-10(9)2)13(16)14-12(15)4-3-7-17-14/h3-4,7,9-11,13H,5-6,8,16H2,1-2H3. The van der Waals surface area contributed by atoms with Gasteiger partial charge in [-0.15, -0.1) is 0 Å². The molecule has 2 nitrogen and oxygen atoms in total. The van der Waals surface area contributed by atoms with Gasteiger partial charge in [-0.05, 0) is 42.7 Å². The molecule has 1 saturated carbocycles. The summed E-state index contributed by atoms with van der Waals surface area (Å²) >= 11 is 6.16. The van der Waals surface area contributed by atoms with Gasteiger partial charge in [-0.1, -0.05) is 31.9 Å². The molecule has 1 heterocycles. The molecule has 0 saturated heterocycles. The van der Waals surface area contributed by atoms with Gasteiger partial charge < -0.3 is 5.73 Å². The molecule has 2 rings (SSSR count). The first kappa shape index (κ1) is 12.8. The van der Waals surface area contributed by atoms with Crippen LogP contribution in [0, 0.1) is 17.8 Å². The number of rotatable bonds is 2. The largest absolute Gasteiger partial charge is 0.322 e. The molecule has 0 bridgehead atoms. The van der Waals surface area contributed by atoms with E-state index in [4.69, 9.17) is 17.3 Å². The molecule has 0 amide bonds. The Hall–Kier alpha value is -0.600. The monoisotopic (exact) mass is 252 g/mol. The van der Waals surface area contributed by atoms with Crippen LogP contribution >= 0.6 is 11.6 Å². The zero-order valence-corrected chi connectivity index (χ0v) is 11.3. The number of aromatic nitrogens is 1. The summed E-state index contributed by atoms with van der Waals surface area (Å²) in [6, 6.07) is 3.71. The Morgan fingerprint density at radius 2 is 2.12 bits per heavy atom. The normalized spacial score (nSPS) is 31.2. The van der Waals surface area contributed by atoms with E-state index in [2.05, 4.69) is 18.8 Å². The fourth-order valence-corrected chi connectivity index (χ4v) is 3.03. The predicted molar refractivity (Wildman–Crippen MR) is 71.8 cm³/mol. The molecule has 94 valence electrons. The molecule has 1 aromatic rings. The molecule has 4 atom stereocenters. The maximum absolute atomic E-state index is 6.33. The molecular weight excluding hydrogens is 232 g/mol. The van der Waals surface area contributed by atoms with Crippen LogP contribution in [-0.2, 0) is 0 Å². The number of hydrogen-bond acceptors (Lipinski definition) is 2. The van der Waals surface area contributed by atoms with E-state index in [1.54, 1.807) is 6.20 Å². The van der Waals surface area contributed by atoms with Gasteiger partial charge in [0.25, 0.3) is 0 Å². The third-order valence-electron chi connectivity index (χ3n) is 4.25. The molecule has 0 spiro atoms. The average Bonchev–Trinajstić information content (AvgIpc) is 2.32. The third-order valence-corrected chi connectivity index (χ3v) is 4.57. The van der Waals surface area contributed by atoms with Gasteiger partial charge in [0.1, 0.15) is 0 Å². The topological polar surface area (TPSA) is 38.9 Å². The van der Waals surface area contributed by atoms with Gasteiger partial charge in [0.15, 0.2) is 0 Å². The van der Waals surface area contributed by atoms with E-state index in [0.29, 0.717) is 10.9 Å². The molecule has 1 aliphatic rings. The Kier molecular flexibility index (Phi) is 4.05. The van der Waals surface area contributed by atoms with Crippen LogP contribution in [0.3, 0.4) is 0 Å². The minimum atomic E-state index is -0.0151. The van der Waals surface area contributed by atoms with Crippen molar-refractivity contribution >= 4 is 11.6 Å². The minimum Gasteiger partial charge on any atom is -0.322 e. The van der Waals surface area contributed by atoms with E-state index in [1.165, 1.54) is 19.3 Å². The van der Waals surface area contributed by atoms with Crippen LogP contribution in [0.5, 0.6) is 0 Å². The first-order valence-electron chi connectivity index (χ1n) is 6.45. The zero-order valence-electron chi connectivity index (χ0n) is 10.6. The molecule has 3 heteroatoms. The van der Waals surface area contributed by atoms with Crippen molar-refractivity contribution in [3.8, 4) is 0 Å². The summed E-state index contributed by atoms with van der Waals surface area (Å²) in [5, 5.41) is 0.700. The van der Waals surface area contributed by atoms with Gasteiger partial charge in [0, 0.05) is 6.20 Å². The van der Waals surface area contributed by atoms with E-state index in [1.807, 2.05) is 12.1 Å². The Morgan fingerprint density at radius 1 is 1.35 bits per heavy atom. The van der Waals surface area contributed by atoms with Crippen LogP contribution in [0.4, 0.5) is 0 Å². The molecular formula is C14H21ClN2. The summed E-state index contributed by atoms with van der Waals surface area (Å²) in [4.78, 5) is 4.34. The summed E-state index contributed by atoms with van der Waals surface area (Å²) < 4.78 is 0. The van der Waals surface area contributed by atoms with E-state index in [-0.39, 0.29) is 6.04 Å². The van der Waals surface area contributed by atoms with E-state index in [9.17, 15) is 0 Å². The average molecular weight is 253 g/mol. The molecule has 1 aliphatic carbocycles. The predicted octanol–water partition coefficient (Wildman–Crippen LogP) is 3.81. The number of pyridine rings is 1. The molecule has 0 aromatic carbocycles. The van der Waals surface area contributed by atoms with Crippen molar-refractivity contribution < 1.29 is 0 Å². The number of hydrogen-bond donors (Lipinski definition) is 1. The highest BCUT2D eigenvalue weighted by Gasteiger charge is 2.30. The lowest BCUT2D eigenvalue weighted by atomic mass is 9.73. The third kappa shape index (κ3) is 2.80. The SMILES string of the molecule is CC1CCC(C(N)c2ncccc2Cl)CC1C. The second-order valence-electron chi connectivity index (χ2n) is 5.42. The van der Waals surface area contributed by atoms with Crippen LogP contribution in [0.1, 0.15) is 44.8 Å². The van der Waals surface area contributed by atoms with Crippen molar-refractivity contribution in [3.63, 3.8) is 0 Å². The Bertz CT molecular complexity index is 380. The second kappa shape index (κ2) is 5.36. The summed E-state index contributed by atoms with van der Waals surface area (Å²) in [5.74, 6) is 2.09. The highest BCUT2D eigenvalue weighted by Crippen LogP contribution is 2.39. The minimum absolute atomic E-state index is 0.0151. The van der Waals surface area contributed by atoms with Crippen molar-refractivity contribution in [2.24, 2.45) is 23.5 Å². The van der Waals surface area contributed by atoms with Gasteiger partial charge in [-0.2, -0.15) is 0 Å². The van der Waals surface area contributed by atoms with Crippen LogP contribution in [0.15, 0.2) is 18.3 Å². The van der Waals surface area contributed by atoms with Crippen LogP contribution in [0.2, 0.25) is 5.02 Å². The van der Waals surface area contributed by atoms with Gasteiger partial charge in [0.05, 0.1) is 16.8 Å². The molecule has 0 aliphatic heterocycles. The van der Waals surface area contributed by atoms with Crippen molar-refractivity contribution in [2.75, 3.05) is 0 Å². The first-order valence-corrected chi connectivity index (χ1v) is 6.83. The van der Waals surface area contributed by atoms with E-state index < -0.39 is 0 Å².